The first-order valence-electron chi connectivity index (χ1n) is 5.66. The highest BCUT2D eigenvalue weighted by molar-refractivity contribution is 6.17. The molecule has 0 saturated heterocycles. The third kappa shape index (κ3) is 10.5. The van der Waals surface area contributed by atoms with E-state index in [-0.39, 0.29) is 18.3 Å². The summed E-state index contributed by atoms with van der Waals surface area (Å²) in [6, 6.07) is -0.143. The smallest absolute Gasteiger partial charge is 0.333 e. The Morgan fingerprint density at radius 3 is 2.18 bits per heavy atom. The lowest BCUT2D eigenvalue weighted by atomic mass is 10.1. The first-order chi connectivity index (χ1) is 7.66. The molecule has 0 spiro atoms. The Bertz CT molecular complexity index is 233. The molecule has 0 rings (SSSR count). The lowest BCUT2D eigenvalue weighted by Gasteiger charge is -2.27. The quantitative estimate of drug-likeness (QED) is 0.525. The number of carbonyl (C=O) groups excluding carboxylic acids is 1. The molecular formula is C12H23ClO4. The van der Waals surface area contributed by atoms with E-state index in [0.29, 0.717) is 13.0 Å². The van der Waals surface area contributed by atoms with Crippen molar-refractivity contribution < 1.29 is 19.0 Å². The van der Waals surface area contributed by atoms with E-state index < -0.39 is 11.6 Å². The molecule has 0 bridgehead atoms. The van der Waals surface area contributed by atoms with Crippen molar-refractivity contribution in [2.45, 2.75) is 52.2 Å². The molecule has 0 aliphatic rings. The minimum atomic E-state index is -0.454. The van der Waals surface area contributed by atoms with Crippen LogP contribution >= 0.6 is 11.6 Å². The molecule has 0 heterocycles. The Morgan fingerprint density at radius 2 is 1.71 bits per heavy atom. The molecule has 0 N–H and O–H groups in total. The Kier molecular flexibility index (Phi) is 7.05. The molecule has 0 aromatic heterocycles. The number of hydrogen-bond acceptors (Lipinski definition) is 4. The maximum absolute atomic E-state index is 11.1. The van der Waals surface area contributed by atoms with Gasteiger partial charge in [-0.3, -0.25) is 0 Å². The summed E-state index contributed by atoms with van der Waals surface area (Å²) in [6.45, 7) is 10.3. The standard InChI is InChI=1S/C12H23ClO4/c1-11(2,3)16-7-6-12(4,5)17-8-10(14)15-9-13/h6-9H2,1-5H3. The number of alkyl halides is 1. The molecule has 0 amide bonds. The van der Waals surface area contributed by atoms with Gasteiger partial charge in [0.05, 0.1) is 11.2 Å². The van der Waals surface area contributed by atoms with Crippen LogP contribution in [0.3, 0.4) is 0 Å². The van der Waals surface area contributed by atoms with Gasteiger partial charge in [-0.1, -0.05) is 11.6 Å². The monoisotopic (exact) mass is 266 g/mol. The van der Waals surface area contributed by atoms with Crippen LogP contribution < -0.4 is 0 Å². The number of ether oxygens (including phenoxy) is 3. The summed E-state index contributed by atoms with van der Waals surface area (Å²) in [6.07, 6.45) is 0.707. The van der Waals surface area contributed by atoms with Crippen LogP contribution in [0.4, 0.5) is 0 Å². The zero-order valence-electron chi connectivity index (χ0n) is 11.3. The van der Waals surface area contributed by atoms with E-state index >= 15 is 0 Å². The van der Waals surface area contributed by atoms with Crippen LogP contribution in [0.1, 0.15) is 41.0 Å². The van der Waals surface area contributed by atoms with E-state index in [1.165, 1.54) is 0 Å². The molecule has 0 aliphatic carbocycles. The predicted molar refractivity (Wildman–Crippen MR) is 67.2 cm³/mol. The highest BCUT2D eigenvalue weighted by atomic mass is 35.5. The van der Waals surface area contributed by atoms with E-state index in [2.05, 4.69) is 4.74 Å². The average Bonchev–Trinajstić information content (AvgIpc) is 2.13. The number of carbonyl (C=O) groups is 1. The Morgan fingerprint density at radius 1 is 1.12 bits per heavy atom. The van der Waals surface area contributed by atoms with Gasteiger partial charge in [0.1, 0.15) is 6.61 Å². The molecular weight excluding hydrogens is 244 g/mol. The van der Waals surface area contributed by atoms with E-state index in [0.717, 1.165) is 0 Å². The van der Waals surface area contributed by atoms with Gasteiger partial charge in [0.2, 0.25) is 0 Å². The fourth-order valence-electron chi connectivity index (χ4n) is 1.03. The lowest BCUT2D eigenvalue weighted by Crippen LogP contribution is -2.31. The molecule has 0 atom stereocenters. The third-order valence-electron chi connectivity index (χ3n) is 2.04. The van der Waals surface area contributed by atoms with Gasteiger partial charge in [-0.05, 0) is 41.0 Å². The summed E-state index contributed by atoms with van der Waals surface area (Å²) in [4.78, 5) is 11.1. The zero-order valence-corrected chi connectivity index (χ0v) is 12.1. The first kappa shape index (κ1) is 16.7. The third-order valence-corrected chi connectivity index (χ3v) is 2.14. The van der Waals surface area contributed by atoms with Gasteiger partial charge in [0.15, 0.2) is 6.07 Å². The van der Waals surface area contributed by atoms with Crippen LogP contribution in [0.5, 0.6) is 0 Å². The normalized spacial score (nSPS) is 12.6. The number of halogens is 1. The second-order valence-electron chi connectivity index (χ2n) is 5.38. The summed E-state index contributed by atoms with van der Waals surface area (Å²) in [5.74, 6) is -0.454. The molecule has 0 aromatic carbocycles. The molecule has 5 heteroatoms. The van der Waals surface area contributed by atoms with Crippen LogP contribution in [0.2, 0.25) is 0 Å². The molecule has 0 saturated carbocycles. The van der Waals surface area contributed by atoms with E-state index in [9.17, 15) is 4.79 Å². The topological polar surface area (TPSA) is 44.8 Å². The van der Waals surface area contributed by atoms with Gasteiger partial charge in [-0.15, -0.1) is 0 Å². The van der Waals surface area contributed by atoms with Crippen molar-refractivity contribution in [3.8, 4) is 0 Å². The Hall–Kier alpha value is -0.320. The highest BCUT2D eigenvalue weighted by Gasteiger charge is 2.21. The van der Waals surface area contributed by atoms with E-state index in [1.54, 1.807) is 0 Å². The van der Waals surface area contributed by atoms with Crippen LogP contribution in [-0.2, 0) is 19.0 Å². The van der Waals surface area contributed by atoms with Crippen molar-refractivity contribution in [2.75, 3.05) is 19.3 Å². The largest absolute Gasteiger partial charge is 0.448 e. The summed E-state index contributed by atoms with van der Waals surface area (Å²) in [7, 11) is 0. The van der Waals surface area contributed by atoms with Crippen molar-refractivity contribution in [1.82, 2.24) is 0 Å². The second-order valence-corrected chi connectivity index (χ2v) is 5.60. The highest BCUT2D eigenvalue weighted by Crippen LogP contribution is 2.17. The Balaban J connectivity index is 3.83. The van der Waals surface area contributed by atoms with Crippen LogP contribution in [0.15, 0.2) is 0 Å². The van der Waals surface area contributed by atoms with Crippen molar-refractivity contribution in [2.24, 2.45) is 0 Å². The van der Waals surface area contributed by atoms with Crippen molar-refractivity contribution >= 4 is 17.6 Å². The summed E-state index contributed by atoms with van der Waals surface area (Å²) >= 11 is 5.26. The molecule has 0 radical (unpaired) electrons. The van der Waals surface area contributed by atoms with Gasteiger partial charge in [0, 0.05) is 6.61 Å². The molecule has 102 valence electrons. The number of rotatable bonds is 7. The molecule has 0 unspecified atom stereocenters. The van der Waals surface area contributed by atoms with Crippen LogP contribution in [-0.4, -0.2) is 36.5 Å². The van der Waals surface area contributed by atoms with Crippen molar-refractivity contribution in [3.05, 3.63) is 0 Å². The second kappa shape index (κ2) is 7.19. The fraction of sp³-hybridized carbons (Fsp3) is 0.917. The van der Waals surface area contributed by atoms with Crippen LogP contribution in [0, 0.1) is 0 Å². The zero-order chi connectivity index (χ0) is 13.5. The molecule has 0 aliphatic heterocycles. The lowest BCUT2D eigenvalue weighted by molar-refractivity contribution is -0.154. The summed E-state index contributed by atoms with van der Waals surface area (Å²) in [5.41, 5.74) is -0.579. The molecule has 17 heavy (non-hydrogen) atoms. The van der Waals surface area contributed by atoms with Gasteiger partial charge in [0.25, 0.3) is 0 Å². The molecule has 0 aromatic rings. The maximum Gasteiger partial charge on any atom is 0.333 e. The molecule has 0 fully saturated rings. The van der Waals surface area contributed by atoms with Gasteiger partial charge < -0.3 is 14.2 Å². The van der Waals surface area contributed by atoms with Crippen molar-refractivity contribution in [1.29, 1.82) is 0 Å². The Labute approximate surface area is 109 Å². The average molecular weight is 267 g/mol. The van der Waals surface area contributed by atoms with Gasteiger partial charge in [-0.2, -0.15) is 0 Å². The predicted octanol–water partition coefficient (Wildman–Crippen LogP) is 2.73. The number of esters is 1. The van der Waals surface area contributed by atoms with Crippen LogP contribution in [0.25, 0.3) is 0 Å². The minimum absolute atomic E-state index is 0.0881. The first-order valence-corrected chi connectivity index (χ1v) is 6.19. The fourth-order valence-corrected chi connectivity index (χ4v) is 1.15. The van der Waals surface area contributed by atoms with Gasteiger partial charge in [-0.25, -0.2) is 4.79 Å². The molecule has 4 nitrogen and oxygen atoms in total. The van der Waals surface area contributed by atoms with E-state index in [4.69, 9.17) is 21.1 Å². The SMILES string of the molecule is CC(C)(C)OCCC(C)(C)OCC(=O)OCCl. The van der Waals surface area contributed by atoms with Crippen molar-refractivity contribution in [3.63, 3.8) is 0 Å². The number of hydrogen-bond donors (Lipinski definition) is 0. The summed E-state index contributed by atoms with van der Waals surface area (Å²) < 4.78 is 15.6. The summed E-state index contributed by atoms with van der Waals surface area (Å²) in [5, 5.41) is 0. The minimum Gasteiger partial charge on any atom is -0.448 e. The van der Waals surface area contributed by atoms with E-state index in [1.807, 2.05) is 34.6 Å². The van der Waals surface area contributed by atoms with Gasteiger partial charge >= 0.3 is 5.97 Å². The maximum atomic E-state index is 11.1.